The first-order chi connectivity index (χ1) is 7.29. The Morgan fingerprint density at radius 2 is 2.13 bits per heavy atom. The van der Waals surface area contributed by atoms with Gasteiger partial charge >= 0.3 is 0 Å². The topological polar surface area (TPSA) is 65.2 Å². The summed E-state index contributed by atoms with van der Waals surface area (Å²) in [5.41, 5.74) is 5.39. The summed E-state index contributed by atoms with van der Waals surface area (Å²) in [7, 11) is 0. The number of hydrogen-bond acceptors (Lipinski definition) is 4. The fraction of sp³-hybridized carbons (Fsp3) is 0.300. The summed E-state index contributed by atoms with van der Waals surface area (Å²) in [5, 5.41) is 0.338. The van der Waals surface area contributed by atoms with Crippen molar-refractivity contribution in [2.24, 2.45) is 5.73 Å². The highest BCUT2D eigenvalue weighted by Crippen LogP contribution is 2.25. The Balaban J connectivity index is 2.13. The molecule has 0 aliphatic heterocycles. The van der Waals surface area contributed by atoms with Gasteiger partial charge in [-0.25, -0.2) is 4.98 Å². The monoisotopic (exact) mass is 226 g/mol. The number of oxazole rings is 1. The molecule has 4 nitrogen and oxygen atoms in total. The van der Waals surface area contributed by atoms with E-state index in [1.807, 2.05) is 0 Å². The van der Waals surface area contributed by atoms with Crippen LogP contribution in [0.4, 0.5) is 0 Å². The van der Waals surface area contributed by atoms with Crippen molar-refractivity contribution >= 4 is 11.6 Å². The van der Waals surface area contributed by atoms with Crippen molar-refractivity contribution in [3.8, 4) is 11.5 Å². The summed E-state index contributed by atoms with van der Waals surface area (Å²) in [6.45, 7) is 0.629. The second-order valence-corrected chi connectivity index (χ2v) is 3.49. The first-order valence-corrected chi connectivity index (χ1v) is 5.08. The molecule has 0 amide bonds. The van der Waals surface area contributed by atoms with Crippen molar-refractivity contribution in [2.75, 3.05) is 6.54 Å². The minimum atomic E-state index is 0.338. The molecular weight excluding hydrogens is 216 g/mol. The highest BCUT2D eigenvalue weighted by atomic mass is 35.5. The Hall–Kier alpha value is -1.26. The van der Waals surface area contributed by atoms with E-state index in [0.717, 1.165) is 12.8 Å². The molecular formula is C10H11ClN2O2. The molecule has 0 aliphatic carbocycles. The maximum absolute atomic E-state index is 5.66. The molecule has 5 heteroatoms. The van der Waals surface area contributed by atoms with Gasteiger partial charge in [0.1, 0.15) is 0 Å². The predicted octanol–water partition coefficient (Wildman–Crippen LogP) is 2.48. The Labute approximate surface area is 92.0 Å². The lowest BCUT2D eigenvalue weighted by atomic mass is 10.3. The number of halogens is 1. The number of furan rings is 1. The fourth-order valence-corrected chi connectivity index (χ4v) is 1.39. The maximum Gasteiger partial charge on any atom is 0.195 e. The SMILES string of the molecule is NCCCc1ncc(-c2ccc(Cl)o2)o1. The van der Waals surface area contributed by atoms with Crippen LogP contribution in [0.5, 0.6) is 0 Å². The number of aromatic nitrogens is 1. The normalized spacial score (nSPS) is 10.8. The lowest BCUT2D eigenvalue weighted by Gasteiger charge is -1.91. The third-order valence-corrected chi connectivity index (χ3v) is 2.17. The van der Waals surface area contributed by atoms with Crippen molar-refractivity contribution in [2.45, 2.75) is 12.8 Å². The third-order valence-electron chi connectivity index (χ3n) is 1.96. The Kier molecular flexibility index (Phi) is 3.08. The molecule has 2 heterocycles. The predicted molar refractivity (Wildman–Crippen MR) is 56.6 cm³/mol. The minimum Gasteiger partial charge on any atom is -0.441 e. The van der Waals surface area contributed by atoms with Gasteiger partial charge in [0.2, 0.25) is 0 Å². The van der Waals surface area contributed by atoms with Crippen LogP contribution in [0.15, 0.2) is 27.2 Å². The maximum atomic E-state index is 5.66. The average Bonchev–Trinajstić information content (AvgIpc) is 2.83. The van der Waals surface area contributed by atoms with E-state index >= 15 is 0 Å². The van der Waals surface area contributed by atoms with E-state index in [1.165, 1.54) is 0 Å². The Morgan fingerprint density at radius 3 is 2.80 bits per heavy atom. The molecule has 2 rings (SSSR count). The zero-order valence-electron chi connectivity index (χ0n) is 8.07. The molecule has 15 heavy (non-hydrogen) atoms. The number of nitrogens with zero attached hydrogens (tertiary/aromatic N) is 1. The van der Waals surface area contributed by atoms with Crippen LogP contribution >= 0.6 is 11.6 Å². The van der Waals surface area contributed by atoms with E-state index in [2.05, 4.69) is 4.98 Å². The van der Waals surface area contributed by atoms with E-state index < -0.39 is 0 Å². The van der Waals surface area contributed by atoms with Gasteiger partial charge in [-0.05, 0) is 36.7 Å². The number of aryl methyl sites for hydroxylation is 1. The first-order valence-electron chi connectivity index (χ1n) is 4.70. The zero-order chi connectivity index (χ0) is 10.7. The fourth-order valence-electron chi connectivity index (χ4n) is 1.24. The van der Waals surface area contributed by atoms with Gasteiger partial charge in [-0.3, -0.25) is 0 Å². The molecule has 0 bridgehead atoms. The third kappa shape index (κ3) is 2.40. The van der Waals surface area contributed by atoms with E-state index in [1.54, 1.807) is 18.3 Å². The van der Waals surface area contributed by atoms with Gasteiger partial charge in [0, 0.05) is 6.42 Å². The van der Waals surface area contributed by atoms with E-state index in [4.69, 9.17) is 26.2 Å². The van der Waals surface area contributed by atoms with Gasteiger partial charge in [-0.1, -0.05) is 0 Å². The number of nitrogens with two attached hydrogens (primary N) is 1. The lowest BCUT2D eigenvalue weighted by molar-refractivity contribution is 0.477. The second kappa shape index (κ2) is 4.51. The first kappa shape index (κ1) is 10.3. The van der Waals surface area contributed by atoms with Crippen LogP contribution in [0, 0.1) is 0 Å². The van der Waals surface area contributed by atoms with Gasteiger partial charge in [0.15, 0.2) is 22.6 Å². The molecule has 0 radical (unpaired) electrons. The molecule has 0 fully saturated rings. The smallest absolute Gasteiger partial charge is 0.195 e. The van der Waals surface area contributed by atoms with Crippen LogP contribution in [0.1, 0.15) is 12.3 Å². The molecule has 0 saturated heterocycles. The van der Waals surface area contributed by atoms with Crippen LogP contribution in [0.25, 0.3) is 11.5 Å². The molecule has 80 valence electrons. The van der Waals surface area contributed by atoms with Crippen LogP contribution in [0.3, 0.4) is 0 Å². The molecule has 0 unspecified atom stereocenters. The lowest BCUT2D eigenvalue weighted by Crippen LogP contribution is -2.00. The van der Waals surface area contributed by atoms with Crippen molar-refractivity contribution in [3.05, 3.63) is 29.4 Å². The van der Waals surface area contributed by atoms with E-state index in [-0.39, 0.29) is 0 Å². The van der Waals surface area contributed by atoms with Gasteiger partial charge in [0.25, 0.3) is 0 Å². The minimum absolute atomic E-state index is 0.338. The van der Waals surface area contributed by atoms with Gasteiger partial charge < -0.3 is 14.6 Å². The summed E-state index contributed by atoms with van der Waals surface area (Å²) in [4.78, 5) is 4.11. The highest BCUT2D eigenvalue weighted by Gasteiger charge is 2.09. The van der Waals surface area contributed by atoms with Crippen LogP contribution in [0.2, 0.25) is 5.22 Å². The molecule has 0 saturated carbocycles. The average molecular weight is 227 g/mol. The summed E-state index contributed by atoms with van der Waals surface area (Å²) in [5.74, 6) is 1.85. The van der Waals surface area contributed by atoms with Crippen molar-refractivity contribution in [1.82, 2.24) is 4.98 Å². The van der Waals surface area contributed by atoms with E-state index in [9.17, 15) is 0 Å². The summed E-state index contributed by atoms with van der Waals surface area (Å²) in [6, 6.07) is 3.41. The van der Waals surface area contributed by atoms with Crippen LogP contribution in [-0.4, -0.2) is 11.5 Å². The number of hydrogen-bond donors (Lipinski definition) is 1. The molecule has 0 aromatic carbocycles. The summed E-state index contributed by atoms with van der Waals surface area (Å²) >= 11 is 5.66. The second-order valence-electron chi connectivity index (χ2n) is 3.11. The van der Waals surface area contributed by atoms with Crippen molar-refractivity contribution in [1.29, 1.82) is 0 Å². The highest BCUT2D eigenvalue weighted by molar-refractivity contribution is 6.28. The van der Waals surface area contributed by atoms with Gasteiger partial charge in [-0.15, -0.1) is 0 Å². The van der Waals surface area contributed by atoms with Crippen molar-refractivity contribution in [3.63, 3.8) is 0 Å². The standard InChI is InChI=1S/C10H11ClN2O2/c11-9-4-3-7(14-9)8-6-13-10(15-8)2-1-5-12/h3-4,6H,1-2,5,12H2. The Morgan fingerprint density at radius 1 is 1.27 bits per heavy atom. The quantitative estimate of drug-likeness (QED) is 0.870. The molecule has 2 N–H and O–H groups in total. The number of rotatable bonds is 4. The molecule has 2 aromatic heterocycles. The summed E-state index contributed by atoms with van der Waals surface area (Å²) < 4.78 is 10.7. The van der Waals surface area contributed by atoms with E-state index in [0.29, 0.717) is 29.2 Å². The molecule has 2 aromatic rings. The zero-order valence-corrected chi connectivity index (χ0v) is 8.83. The van der Waals surface area contributed by atoms with Gasteiger partial charge in [0.05, 0.1) is 6.20 Å². The van der Waals surface area contributed by atoms with Crippen LogP contribution in [-0.2, 0) is 6.42 Å². The molecule has 0 atom stereocenters. The molecule has 0 spiro atoms. The van der Waals surface area contributed by atoms with Crippen molar-refractivity contribution < 1.29 is 8.83 Å². The largest absolute Gasteiger partial charge is 0.441 e. The van der Waals surface area contributed by atoms with Gasteiger partial charge in [-0.2, -0.15) is 0 Å². The van der Waals surface area contributed by atoms with Crippen LogP contribution < -0.4 is 5.73 Å². The summed E-state index contributed by atoms with van der Waals surface area (Å²) in [6.07, 6.45) is 3.23. The Bertz CT molecular complexity index is 436. The molecule has 0 aliphatic rings.